The lowest BCUT2D eigenvalue weighted by Gasteiger charge is -2.00. The molecule has 0 aliphatic heterocycles. The molecule has 0 aliphatic rings. The van der Waals surface area contributed by atoms with Gasteiger partial charge in [0.1, 0.15) is 6.33 Å². The summed E-state index contributed by atoms with van der Waals surface area (Å²) in [5.74, 6) is -0.200. The minimum absolute atomic E-state index is 0.136. The molecule has 0 radical (unpaired) electrons. The molecule has 2 rings (SSSR count). The van der Waals surface area contributed by atoms with Gasteiger partial charge in [-0.2, -0.15) is 0 Å². The smallest absolute Gasteiger partial charge is 0.360 e. The quantitative estimate of drug-likeness (QED) is 0.724. The van der Waals surface area contributed by atoms with Crippen LogP contribution in [-0.4, -0.2) is 27.5 Å². The summed E-state index contributed by atoms with van der Waals surface area (Å²) in [5, 5.41) is 0. The highest BCUT2D eigenvalue weighted by molar-refractivity contribution is 5.93. The molecule has 2 heterocycles. The van der Waals surface area contributed by atoms with Crippen LogP contribution < -0.4 is 0 Å². The number of hydrogen-bond acceptors (Lipinski definition) is 6. The van der Waals surface area contributed by atoms with Crippen LogP contribution in [0, 0.1) is 0 Å². The molecule has 16 heavy (non-hydrogen) atoms. The lowest BCUT2D eigenvalue weighted by Crippen LogP contribution is -2.06. The molecule has 0 unspecified atom stereocenters. The Labute approximate surface area is 91.3 Å². The number of rotatable bonds is 3. The Morgan fingerprint density at radius 3 is 2.88 bits per heavy atom. The molecule has 0 aliphatic carbocycles. The van der Waals surface area contributed by atoms with Crippen LogP contribution in [0.25, 0.3) is 11.3 Å². The fourth-order valence-electron chi connectivity index (χ4n) is 1.21. The second-order valence-corrected chi connectivity index (χ2v) is 2.88. The van der Waals surface area contributed by atoms with E-state index in [9.17, 15) is 4.79 Å². The molecular weight excluding hydrogens is 210 g/mol. The van der Waals surface area contributed by atoms with E-state index >= 15 is 0 Å². The van der Waals surface area contributed by atoms with Crippen LogP contribution in [0.1, 0.15) is 17.4 Å². The van der Waals surface area contributed by atoms with Crippen molar-refractivity contribution in [1.82, 2.24) is 15.0 Å². The van der Waals surface area contributed by atoms with Crippen molar-refractivity contribution in [3.8, 4) is 11.3 Å². The van der Waals surface area contributed by atoms with Gasteiger partial charge in [0.25, 0.3) is 0 Å². The molecule has 0 saturated carbocycles. The van der Waals surface area contributed by atoms with Gasteiger partial charge in [0.2, 0.25) is 0 Å². The molecule has 0 spiro atoms. The molecule has 0 atom stereocenters. The van der Waals surface area contributed by atoms with Crippen LogP contribution in [-0.2, 0) is 4.74 Å². The Balaban J connectivity index is 2.37. The van der Waals surface area contributed by atoms with E-state index in [1.54, 1.807) is 6.92 Å². The first-order chi connectivity index (χ1) is 7.83. The van der Waals surface area contributed by atoms with Gasteiger partial charge in [0.15, 0.2) is 17.8 Å². The third kappa shape index (κ3) is 1.90. The van der Waals surface area contributed by atoms with Crippen LogP contribution in [0.5, 0.6) is 0 Å². The molecule has 0 N–H and O–H groups in total. The lowest BCUT2D eigenvalue weighted by molar-refractivity contribution is 0.0520. The van der Waals surface area contributed by atoms with E-state index in [1.807, 2.05) is 0 Å². The molecule has 6 nitrogen and oxygen atoms in total. The number of hydrogen-bond donors (Lipinski definition) is 0. The normalized spacial score (nSPS) is 10.1. The molecule has 0 aromatic carbocycles. The van der Waals surface area contributed by atoms with E-state index in [0.29, 0.717) is 11.3 Å². The number of esters is 1. The minimum Gasteiger partial charge on any atom is -0.461 e. The Hall–Kier alpha value is -2.24. The zero-order valence-electron chi connectivity index (χ0n) is 8.58. The third-order valence-electron chi connectivity index (χ3n) is 1.86. The summed E-state index contributed by atoms with van der Waals surface area (Å²) in [6, 6.07) is 0. The Morgan fingerprint density at radius 1 is 1.44 bits per heavy atom. The number of ether oxygens (including phenoxy) is 1. The van der Waals surface area contributed by atoms with E-state index in [2.05, 4.69) is 15.0 Å². The van der Waals surface area contributed by atoms with Gasteiger partial charge >= 0.3 is 5.97 Å². The Kier molecular flexibility index (Phi) is 2.90. The molecular formula is C10H9N3O3. The van der Waals surface area contributed by atoms with Crippen LogP contribution >= 0.6 is 0 Å². The number of oxazole rings is 1. The van der Waals surface area contributed by atoms with Gasteiger partial charge in [-0.3, -0.25) is 0 Å². The van der Waals surface area contributed by atoms with E-state index in [1.165, 1.54) is 25.1 Å². The Bertz CT molecular complexity index is 481. The molecule has 0 amide bonds. The third-order valence-corrected chi connectivity index (χ3v) is 1.86. The topological polar surface area (TPSA) is 78.1 Å². The fraction of sp³-hybridized carbons (Fsp3) is 0.200. The van der Waals surface area contributed by atoms with E-state index in [4.69, 9.17) is 9.15 Å². The van der Waals surface area contributed by atoms with Crippen molar-refractivity contribution in [2.24, 2.45) is 0 Å². The summed E-state index contributed by atoms with van der Waals surface area (Å²) in [5.41, 5.74) is 0.722. The molecule has 6 heteroatoms. The van der Waals surface area contributed by atoms with Crippen molar-refractivity contribution in [3.63, 3.8) is 0 Å². The van der Waals surface area contributed by atoms with Crippen molar-refractivity contribution in [3.05, 3.63) is 30.8 Å². The molecule has 0 saturated heterocycles. The predicted molar refractivity (Wildman–Crippen MR) is 53.5 cm³/mol. The second-order valence-electron chi connectivity index (χ2n) is 2.88. The van der Waals surface area contributed by atoms with Crippen LogP contribution in [0.3, 0.4) is 0 Å². The van der Waals surface area contributed by atoms with Crippen molar-refractivity contribution < 1.29 is 13.9 Å². The first kappa shape index (κ1) is 10.3. The number of carbonyl (C=O) groups excluding carboxylic acids is 1. The zero-order valence-corrected chi connectivity index (χ0v) is 8.58. The van der Waals surface area contributed by atoms with Gasteiger partial charge in [-0.25, -0.2) is 19.7 Å². The van der Waals surface area contributed by atoms with Crippen molar-refractivity contribution in [2.45, 2.75) is 6.92 Å². The van der Waals surface area contributed by atoms with Crippen LogP contribution in [0.2, 0.25) is 0 Å². The summed E-state index contributed by atoms with van der Waals surface area (Å²) in [4.78, 5) is 23.0. The molecule has 2 aromatic heterocycles. The van der Waals surface area contributed by atoms with Gasteiger partial charge in [0.05, 0.1) is 12.2 Å². The highest BCUT2D eigenvalue weighted by atomic mass is 16.5. The summed E-state index contributed by atoms with van der Waals surface area (Å²) in [7, 11) is 0. The largest absolute Gasteiger partial charge is 0.461 e. The number of aromatic nitrogens is 3. The SMILES string of the molecule is CCOC(=O)c1ncoc1-c1cncnc1. The summed E-state index contributed by atoms with van der Waals surface area (Å²) in [6.07, 6.45) is 5.66. The number of nitrogens with zero attached hydrogens (tertiary/aromatic N) is 3. The first-order valence-electron chi connectivity index (χ1n) is 4.69. The monoisotopic (exact) mass is 219 g/mol. The van der Waals surface area contributed by atoms with Crippen molar-refractivity contribution in [1.29, 1.82) is 0 Å². The predicted octanol–water partition coefficient (Wildman–Crippen LogP) is 1.31. The Morgan fingerprint density at radius 2 is 2.19 bits per heavy atom. The maximum atomic E-state index is 11.5. The van der Waals surface area contributed by atoms with Gasteiger partial charge in [-0.1, -0.05) is 0 Å². The van der Waals surface area contributed by atoms with E-state index in [-0.39, 0.29) is 12.3 Å². The summed E-state index contributed by atoms with van der Waals surface area (Å²) in [6.45, 7) is 2.01. The minimum atomic E-state index is -0.518. The second kappa shape index (κ2) is 4.52. The van der Waals surface area contributed by atoms with Crippen molar-refractivity contribution >= 4 is 5.97 Å². The first-order valence-corrected chi connectivity index (χ1v) is 4.69. The van der Waals surface area contributed by atoms with Gasteiger partial charge in [-0.05, 0) is 6.92 Å². The molecule has 82 valence electrons. The highest BCUT2D eigenvalue weighted by Gasteiger charge is 2.19. The van der Waals surface area contributed by atoms with Gasteiger partial charge in [0, 0.05) is 12.4 Å². The molecule has 0 fully saturated rings. The maximum absolute atomic E-state index is 11.5. The molecule has 0 bridgehead atoms. The lowest BCUT2D eigenvalue weighted by atomic mass is 10.2. The number of carbonyl (C=O) groups is 1. The highest BCUT2D eigenvalue weighted by Crippen LogP contribution is 2.21. The maximum Gasteiger partial charge on any atom is 0.360 e. The average molecular weight is 219 g/mol. The van der Waals surface area contributed by atoms with E-state index < -0.39 is 5.97 Å². The van der Waals surface area contributed by atoms with Crippen LogP contribution in [0.4, 0.5) is 0 Å². The summed E-state index contributed by atoms with van der Waals surface area (Å²) < 4.78 is 9.97. The van der Waals surface area contributed by atoms with Crippen molar-refractivity contribution in [2.75, 3.05) is 6.61 Å². The zero-order chi connectivity index (χ0) is 11.4. The van der Waals surface area contributed by atoms with Crippen LogP contribution in [0.15, 0.2) is 29.5 Å². The summed E-state index contributed by atoms with van der Waals surface area (Å²) >= 11 is 0. The molecule has 2 aromatic rings. The van der Waals surface area contributed by atoms with Gasteiger partial charge < -0.3 is 9.15 Å². The standard InChI is InChI=1S/C10H9N3O3/c1-2-15-10(14)8-9(16-6-13-8)7-3-11-5-12-4-7/h3-6H,2H2,1H3. The van der Waals surface area contributed by atoms with E-state index in [0.717, 1.165) is 0 Å². The average Bonchev–Trinajstić information content (AvgIpc) is 2.79. The van der Waals surface area contributed by atoms with Gasteiger partial charge in [-0.15, -0.1) is 0 Å². The fourth-order valence-corrected chi connectivity index (χ4v) is 1.21.